The third-order valence-electron chi connectivity index (χ3n) is 2.89. The van der Waals surface area contributed by atoms with Crippen molar-refractivity contribution < 1.29 is 9.53 Å². The van der Waals surface area contributed by atoms with E-state index in [1.165, 1.54) is 6.20 Å². The number of rotatable bonds is 3. The minimum atomic E-state index is -0.318. The molecule has 1 aromatic rings. The average Bonchev–Trinajstić information content (AvgIpc) is 2.47. The molecule has 21 heavy (non-hydrogen) atoms. The van der Waals surface area contributed by atoms with Gasteiger partial charge in [0, 0.05) is 35.0 Å². The van der Waals surface area contributed by atoms with E-state index in [0.29, 0.717) is 42.0 Å². The van der Waals surface area contributed by atoms with Crippen molar-refractivity contribution in [2.45, 2.75) is 0 Å². The zero-order valence-electron chi connectivity index (χ0n) is 11.1. The molecule has 1 aliphatic rings. The van der Waals surface area contributed by atoms with Gasteiger partial charge in [-0.1, -0.05) is 23.2 Å². The first-order valence-corrected chi connectivity index (χ1v) is 7.05. The van der Waals surface area contributed by atoms with E-state index in [2.05, 4.69) is 5.32 Å². The summed E-state index contributed by atoms with van der Waals surface area (Å²) in [5.74, 6) is -0.318. The topological polar surface area (TPSA) is 65.4 Å². The van der Waals surface area contributed by atoms with Gasteiger partial charge in [0.05, 0.1) is 13.2 Å². The van der Waals surface area contributed by atoms with Gasteiger partial charge < -0.3 is 15.0 Å². The molecule has 0 radical (unpaired) electrons. The molecule has 1 heterocycles. The molecule has 5 nitrogen and oxygen atoms in total. The molecule has 1 amide bonds. The fourth-order valence-corrected chi connectivity index (χ4v) is 2.40. The SMILES string of the molecule is N#C/C(=C/Nc1cc(Cl)cc(Cl)c1)C(=O)N1CCOCC1. The summed E-state index contributed by atoms with van der Waals surface area (Å²) in [5.41, 5.74) is 0.628. The van der Waals surface area contributed by atoms with Gasteiger partial charge >= 0.3 is 0 Å². The fourth-order valence-electron chi connectivity index (χ4n) is 1.87. The maximum Gasteiger partial charge on any atom is 0.266 e. The highest BCUT2D eigenvalue weighted by Crippen LogP contribution is 2.22. The van der Waals surface area contributed by atoms with Crippen LogP contribution in [0.3, 0.4) is 0 Å². The summed E-state index contributed by atoms with van der Waals surface area (Å²) >= 11 is 11.8. The lowest BCUT2D eigenvalue weighted by atomic mass is 10.2. The Bertz CT molecular complexity index is 584. The molecule has 1 saturated heterocycles. The third kappa shape index (κ3) is 4.36. The largest absolute Gasteiger partial charge is 0.378 e. The summed E-state index contributed by atoms with van der Waals surface area (Å²) < 4.78 is 5.18. The number of nitriles is 1. The molecule has 7 heteroatoms. The number of halogens is 2. The molecule has 0 unspecified atom stereocenters. The molecular weight excluding hydrogens is 313 g/mol. The van der Waals surface area contributed by atoms with E-state index in [0.717, 1.165) is 0 Å². The number of hydrogen-bond donors (Lipinski definition) is 1. The van der Waals surface area contributed by atoms with Crippen molar-refractivity contribution in [1.82, 2.24) is 4.90 Å². The van der Waals surface area contributed by atoms with Crippen LogP contribution in [0.4, 0.5) is 5.69 Å². The lowest BCUT2D eigenvalue weighted by molar-refractivity contribution is -0.130. The Labute approximate surface area is 132 Å². The van der Waals surface area contributed by atoms with E-state index in [9.17, 15) is 4.79 Å². The number of nitrogens with one attached hydrogen (secondary N) is 1. The number of benzene rings is 1. The minimum absolute atomic E-state index is 0.0213. The van der Waals surface area contributed by atoms with Gasteiger partial charge in [-0.05, 0) is 18.2 Å². The number of hydrogen-bond acceptors (Lipinski definition) is 4. The van der Waals surface area contributed by atoms with Crippen LogP contribution in [0, 0.1) is 11.3 Å². The summed E-state index contributed by atoms with van der Waals surface area (Å²) in [7, 11) is 0. The van der Waals surface area contributed by atoms with E-state index in [1.807, 2.05) is 6.07 Å². The van der Waals surface area contributed by atoms with Gasteiger partial charge in [0.1, 0.15) is 11.6 Å². The number of ether oxygens (including phenoxy) is 1. The van der Waals surface area contributed by atoms with Crippen molar-refractivity contribution in [1.29, 1.82) is 5.26 Å². The predicted molar refractivity (Wildman–Crippen MR) is 81.2 cm³/mol. The highest BCUT2D eigenvalue weighted by molar-refractivity contribution is 6.35. The molecule has 1 fully saturated rings. The van der Waals surface area contributed by atoms with E-state index < -0.39 is 0 Å². The van der Waals surface area contributed by atoms with Gasteiger partial charge in [-0.15, -0.1) is 0 Å². The van der Waals surface area contributed by atoms with Crippen LogP contribution in [0.5, 0.6) is 0 Å². The molecule has 1 aliphatic heterocycles. The van der Waals surface area contributed by atoms with Gasteiger partial charge in [-0.3, -0.25) is 4.79 Å². The van der Waals surface area contributed by atoms with Crippen molar-refractivity contribution in [3.8, 4) is 6.07 Å². The maximum absolute atomic E-state index is 12.2. The molecular formula is C14H13Cl2N3O2. The Morgan fingerprint density at radius 2 is 1.90 bits per heavy atom. The van der Waals surface area contributed by atoms with Gasteiger partial charge in [0.2, 0.25) is 0 Å². The number of nitrogens with zero attached hydrogens (tertiary/aromatic N) is 2. The Morgan fingerprint density at radius 1 is 1.29 bits per heavy atom. The molecule has 0 spiro atoms. The van der Waals surface area contributed by atoms with Crippen LogP contribution in [0.1, 0.15) is 0 Å². The Hall–Kier alpha value is -1.74. The van der Waals surface area contributed by atoms with Crippen LogP contribution in [0.15, 0.2) is 30.0 Å². The van der Waals surface area contributed by atoms with Crippen LogP contribution < -0.4 is 5.32 Å². The second kappa shape index (κ2) is 7.32. The molecule has 0 saturated carbocycles. The first-order valence-electron chi connectivity index (χ1n) is 6.30. The normalized spacial score (nSPS) is 15.5. The highest BCUT2D eigenvalue weighted by atomic mass is 35.5. The minimum Gasteiger partial charge on any atom is -0.378 e. The van der Waals surface area contributed by atoms with Gasteiger partial charge in [-0.25, -0.2) is 0 Å². The zero-order chi connectivity index (χ0) is 15.2. The first kappa shape index (κ1) is 15.6. The van der Waals surface area contributed by atoms with Crippen molar-refractivity contribution in [3.05, 3.63) is 40.0 Å². The van der Waals surface area contributed by atoms with Gasteiger partial charge in [-0.2, -0.15) is 5.26 Å². The lowest BCUT2D eigenvalue weighted by Crippen LogP contribution is -2.41. The van der Waals surface area contributed by atoms with Crippen molar-refractivity contribution in [2.24, 2.45) is 0 Å². The first-order chi connectivity index (χ1) is 10.1. The summed E-state index contributed by atoms with van der Waals surface area (Å²) in [6.45, 7) is 1.95. The van der Waals surface area contributed by atoms with Crippen LogP contribution in [-0.4, -0.2) is 37.1 Å². The van der Waals surface area contributed by atoms with E-state index in [4.69, 9.17) is 33.2 Å². The van der Waals surface area contributed by atoms with E-state index in [-0.39, 0.29) is 11.5 Å². The molecule has 0 aromatic heterocycles. The number of amides is 1. The standard InChI is InChI=1S/C14H13Cl2N3O2/c15-11-5-12(16)7-13(6-11)18-9-10(8-17)14(20)19-1-3-21-4-2-19/h5-7,9,18H,1-4H2/b10-9-. The molecule has 1 N–H and O–H groups in total. The van der Waals surface area contributed by atoms with Crippen molar-refractivity contribution in [3.63, 3.8) is 0 Å². The highest BCUT2D eigenvalue weighted by Gasteiger charge is 2.20. The predicted octanol–water partition coefficient (Wildman–Crippen LogP) is 2.67. The maximum atomic E-state index is 12.2. The lowest BCUT2D eigenvalue weighted by Gasteiger charge is -2.26. The van der Waals surface area contributed by atoms with Crippen molar-refractivity contribution >= 4 is 34.8 Å². The second-order valence-corrected chi connectivity index (χ2v) is 5.25. The van der Waals surface area contributed by atoms with Gasteiger partial charge in [0.25, 0.3) is 5.91 Å². The number of carbonyl (C=O) groups is 1. The van der Waals surface area contributed by atoms with Crippen LogP contribution in [0.2, 0.25) is 10.0 Å². The molecule has 1 aromatic carbocycles. The van der Waals surface area contributed by atoms with E-state index in [1.54, 1.807) is 23.1 Å². The monoisotopic (exact) mass is 325 g/mol. The van der Waals surface area contributed by atoms with Crippen LogP contribution >= 0.6 is 23.2 Å². The fraction of sp³-hybridized carbons (Fsp3) is 0.286. The smallest absolute Gasteiger partial charge is 0.266 e. The second-order valence-electron chi connectivity index (χ2n) is 4.38. The third-order valence-corrected chi connectivity index (χ3v) is 3.33. The zero-order valence-corrected chi connectivity index (χ0v) is 12.6. The average molecular weight is 326 g/mol. The Morgan fingerprint density at radius 3 is 2.48 bits per heavy atom. The Balaban J connectivity index is 2.09. The summed E-state index contributed by atoms with van der Waals surface area (Å²) in [6, 6.07) is 6.80. The summed E-state index contributed by atoms with van der Waals surface area (Å²) in [5, 5.41) is 12.9. The molecule has 110 valence electrons. The van der Waals surface area contributed by atoms with Crippen LogP contribution in [-0.2, 0) is 9.53 Å². The van der Waals surface area contributed by atoms with Gasteiger partial charge in [0.15, 0.2) is 0 Å². The van der Waals surface area contributed by atoms with Crippen LogP contribution in [0.25, 0.3) is 0 Å². The molecule has 0 aliphatic carbocycles. The summed E-state index contributed by atoms with van der Waals surface area (Å²) in [4.78, 5) is 13.8. The molecule has 0 bridgehead atoms. The number of anilines is 1. The van der Waals surface area contributed by atoms with E-state index >= 15 is 0 Å². The quantitative estimate of drug-likeness (QED) is 0.685. The Kier molecular flexibility index (Phi) is 5.45. The molecule has 0 atom stereocenters. The molecule has 2 rings (SSSR count). The van der Waals surface area contributed by atoms with Crippen molar-refractivity contribution in [2.75, 3.05) is 31.6 Å². The number of carbonyl (C=O) groups excluding carboxylic acids is 1. The number of morpholine rings is 1. The summed E-state index contributed by atoms with van der Waals surface area (Å²) in [6.07, 6.45) is 1.36.